The van der Waals surface area contributed by atoms with E-state index >= 15 is 0 Å². The number of rotatable bonds is 0. The number of hydrogen-bond acceptors (Lipinski definition) is 2. The van der Waals surface area contributed by atoms with Crippen LogP contribution in [0.4, 0.5) is 0 Å². The largest absolute Gasteiger partial charge is 0.506 e. The van der Waals surface area contributed by atoms with Crippen molar-refractivity contribution in [2.24, 2.45) is 0 Å². The molecule has 1 rings (SSSR count). The summed E-state index contributed by atoms with van der Waals surface area (Å²) in [5.41, 5.74) is 1.94. The maximum absolute atomic E-state index is 9.36. The molecule has 0 bridgehead atoms. The number of aromatic hydroxyl groups is 1. The number of aryl methyl sites for hydroxylation is 2. The monoisotopic (exact) mass is 147 g/mol. The minimum atomic E-state index is 0.104. The minimum absolute atomic E-state index is 0.104. The highest BCUT2D eigenvalue weighted by molar-refractivity contribution is 5.51. The van der Waals surface area contributed by atoms with Gasteiger partial charge >= 0.3 is 0 Å². The van der Waals surface area contributed by atoms with Crippen LogP contribution in [0.1, 0.15) is 16.7 Å². The molecule has 0 aliphatic carbocycles. The van der Waals surface area contributed by atoms with Crippen LogP contribution in [0.5, 0.6) is 5.75 Å². The molecule has 0 amide bonds. The van der Waals surface area contributed by atoms with Crippen LogP contribution in [0.2, 0.25) is 0 Å². The van der Waals surface area contributed by atoms with Crippen molar-refractivity contribution in [3.8, 4) is 11.8 Å². The zero-order chi connectivity index (χ0) is 8.43. The Morgan fingerprint density at radius 3 is 2.27 bits per heavy atom. The first-order chi connectivity index (χ1) is 5.16. The van der Waals surface area contributed by atoms with Gasteiger partial charge in [0.05, 0.1) is 5.56 Å². The molecule has 0 spiro atoms. The second-order valence-corrected chi connectivity index (χ2v) is 2.53. The van der Waals surface area contributed by atoms with Gasteiger partial charge in [0.15, 0.2) is 0 Å². The summed E-state index contributed by atoms with van der Waals surface area (Å²) in [6.45, 7) is 3.58. The number of nitriles is 1. The van der Waals surface area contributed by atoms with Gasteiger partial charge in [0.25, 0.3) is 0 Å². The average molecular weight is 147 g/mol. The van der Waals surface area contributed by atoms with Crippen molar-refractivity contribution >= 4 is 0 Å². The fourth-order valence-corrected chi connectivity index (χ4v) is 0.937. The standard InChI is InChI=1S/C9H9NO/c1-6-3-4-7(2)9(11)8(6)5-10/h3-4,11H,1-2H3. The summed E-state index contributed by atoms with van der Waals surface area (Å²) in [7, 11) is 0. The van der Waals surface area contributed by atoms with Crippen LogP contribution in [0.25, 0.3) is 0 Å². The molecule has 0 aliphatic rings. The molecule has 1 aromatic carbocycles. The van der Waals surface area contributed by atoms with Gasteiger partial charge in [-0.3, -0.25) is 0 Å². The van der Waals surface area contributed by atoms with Gasteiger partial charge in [-0.2, -0.15) is 5.26 Å². The van der Waals surface area contributed by atoms with Crippen molar-refractivity contribution in [3.63, 3.8) is 0 Å². The smallest absolute Gasteiger partial charge is 0.136 e. The highest BCUT2D eigenvalue weighted by Crippen LogP contribution is 2.23. The van der Waals surface area contributed by atoms with Crippen LogP contribution in [0.3, 0.4) is 0 Å². The van der Waals surface area contributed by atoms with Gasteiger partial charge < -0.3 is 5.11 Å². The van der Waals surface area contributed by atoms with Crippen LogP contribution in [0, 0.1) is 25.2 Å². The number of hydrogen-bond donors (Lipinski definition) is 1. The van der Waals surface area contributed by atoms with Crippen molar-refractivity contribution in [3.05, 3.63) is 28.8 Å². The molecule has 0 aliphatic heterocycles. The lowest BCUT2D eigenvalue weighted by Gasteiger charge is -2.02. The Hall–Kier alpha value is -1.49. The van der Waals surface area contributed by atoms with Gasteiger partial charge in [0, 0.05) is 0 Å². The van der Waals surface area contributed by atoms with Crippen molar-refractivity contribution in [2.75, 3.05) is 0 Å². The molecule has 1 aromatic rings. The van der Waals surface area contributed by atoms with Gasteiger partial charge in [-0.1, -0.05) is 12.1 Å². The number of phenolic OH excluding ortho intramolecular Hbond substituents is 1. The molecule has 0 radical (unpaired) electrons. The van der Waals surface area contributed by atoms with Crippen LogP contribution < -0.4 is 0 Å². The normalized spacial score (nSPS) is 9.18. The molecule has 0 fully saturated rings. The first kappa shape index (κ1) is 7.62. The van der Waals surface area contributed by atoms with E-state index in [9.17, 15) is 5.11 Å². The lowest BCUT2D eigenvalue weighted by Crippen LogP contribution is -1.85. The highest BCUT2D eigenvalue weighted by Gasteiger charge is 2.05. The maximum Gasteiger partial charge on any atom is 0.136 e. The Morgan fingerprint density at radius 2 is 1.82 bits per heavy atom. The molecule has 2 nitrogen and oxygen atoms in total. The summed E-state index contributed by atoms with van der Waals surface area (Å²) < 4.78 is 0. The average Bonchev–Trinajstić information content (AvgIpc) is 1.99. The van der Waals surface area contributed by atoms with Gasteiger partial charge in [-0.05, 0) is 25.0 Å². The minimum Gasteiger partial charge on any atom is -0.506 e. The summed E-state index contributed by atoms with van der Waals surface area (Å²) in [5, 5.41) is 18.0. The second kappa shape index (κ2) is 2.63. The summed E-state index contributed by atoms with van der Waals surface area (Å²) in [6, 6.07) is 5.58. The fraction of sp³-hybridized carbons (Fsp3) is 0.222. The van der Waals surface area contributed by atoms with E-state index in [2.05, 4.69) is 0 Å². The molecule has 56 valence electrons. The summed E-state index contributed by atoms with van der Waals surface area (Å²) >= 11 is 0. The van der Waals surface area contributed by atoms with E-state index in [4.69, 9.17) is 5.26 Å². The third-order valence-corrected chi connectivity index (χ3v) is 1.70. The van der Waals surface area contributed by atoms with Gasteiger partial charge in [-0.15, -0.1) is 0 Å². The SMILES string of the molecule is Cc1ccc(C)c(C#N)c1O. The quantitative estimate of drug-likeness (QED) is 0.608. The Morgan fingerprint density at radius 1 is 1.27 bits per heavy atom. The molecule has 0 heterocycles. The molecule has 1 N–H and O–H groups in total. The molecular weight excluding hydrogens is 138 g/mol. The molecule has 0 atom stereocenters. The Bertz CT molecular complexity index is 323. The molecule has 0 saturated carbocycles. The van der Waals surface area contributed by atoms with Gasteiger partial charge in [-0.25, -0.2) is 0 Å². The lowest BCUT2D eigenvalue weighted by molar-refractivity contribution is 0.469. The first-order valence-electron chi connectivity index (χ1n) is 3.36. The number of benzene rings is 1. The Balaban J connectivity index is 3.44. The van der Waals surface area contributed by atoms with E-state index in [1.54, 1.807) is 19.9 Å². The van der Waals surface area contributed by atoms with E-state index in [0.717, 1.165) is 11.1 Å². The molecule has 11 heavy (non-hydrogen) atoms. The van der Waals surface area contributed by atoms with Crippen molar-refractivity contribution in [2.45, 2.75) is 13.8 Å². The van der Waals surface area contributed by atoms with Crippen molar-refractivity contribution in [1.29, 1.82) is 5.26 Å². The zero-order valence-corrected chi connectivity index (χ0v) is 6.55. The highest BCUT2D eigenvalue weighted by atomic mass is 16.3. The molecule has 0 unspecified atom stereocenters. The van der Waals surface area contributed by atoms with Crippen LogP contribution in [-0.4, -0.2) is 5.11 Å². The predicted molar refractivity (Wildman–Crippen MR) is 42.3 cm³/mol. The number of phenols is 1. The van der Waals surface area contributed by atoms with Crippen LogP contribution in [-0.2, 0) is 0 Å². The fourth-order valence-electron chi connectivity index (χ4n) is 0.937. The zero-order valence-electron chi connectivity index (χ0n) is 6.55. The van der Waals surface area contributed by atoms with E-state index in [-0.39, 0.29) is 5.75 Å². The first-order valence-corrected chi connectivity index (χ1v) is 3.36. The van der Waals surface area contributed by atoms with Gasteiger partial charge in [0.2, 0.25) is 0 Å². The Kier molecular flexibility index (Phi) is 1.82. The molecule has 0 saturated heterocycles. The summed E-state index contributed by atoms with van der Waals surface area (Å²) in [5.74, 6) is 0.104. The second-order valence-electron chi connectivity index (χ2n) is 2.53. The Labute approximate surface area is 65.7 Å². The van der Waals surface area contributed by atoms with E-state index in [1.807, 2.05) is 12.1 Å². The van der Waals surface area contributed by atoms with Crippen LogP contribution in [0.15, 0.2) is 12.1 Å². The molecule has 2 heteroatoms. The molecule has 0 aromatic heterocycles. The van der Waals surface area contributed by atoms with Gasteiger partial charge in [0.1, 0.15) is 11.8 Å². The van der Waals surface area contributed by atoms with Crippen molar-refractivity contribution in [1.82, 2.24) is 0 Å². The van der Waals surface area contributed by atoms with E-state index in [0.29, 0.717) is 5.56 Å². The van der Waals surface area contributed by atoms with E-state index in [1.165, 1.54) is 0 Å². The lowest BCUT2D eigenvalue weighted by atomic mass is 10.1. The third-order valence-electron chi connectivity index (χ3n) is 1.70. The third kappa shape index (κ3) is 1.18. The van der Waals surface area contributed by atoms with Crippen molar-refractivity contribution < 1.29 is 5.11 Å². The summed E-state index contributed by atoms with van der Waals surface area (Å²) in [6.07, 6.45) is 0. The predicted octanol–water partition coefficient (Wildman–Crippen LogP) is 1.88. The number of nitrogens with zero attached hydrogens (tertiary/aromatic N) is 1. The summed E-state index contributed by atoms with van der Waals surface area (Å²) in [4.78, 5) is 0. The maximum atomic E-state index is 9.36. The molecular formula is C9H9NO. The topological polar surface area (TPSA) is 44.0 Å². The van der Waals surface area contributed by atoms with E-state index < -0.39 is 0 Å². The van der Waals surface area contributed by atoms with Crippen LogP contribution >= 0.6 is 0 Å².